The molecule has 1 saturated heterocycles. The Morgan fingerprint density at radius 3 is 2.55 bits per heavy atom. The zero-order chi connectivity index (χ0) is 23.0. The highest BCUT2D eigenvalue weighted by molar-refractivity contribution is 5.82. The number of carbonyl (C=O) groups excluding carboxylic acids is 1. The fourth-order valence-electron chi connectivity index (χ4n) is 4.04. The third-order valence-corrected chi connectivity index (χ3v) is 5.77. The molecular formula is C23H20F3N3O4. The minimum absolute atomic E-state index is 0.135. The van der Waals surface area contributed by atoms with Gasteiger partial charge in [0.05, 0.1) is 11.5 Å². The van der Waals surface area contributed by atoms with E-state index in [1.807, 2.05) is 12.1 Å². The van der Waals surface area contributed by atoms with E-state index in [0.29, 0.717) is 36.0 Å². The molecule has 0 radical (unpaired) electrons. The maximum Gasteiger partial charge on any atom is 0.416 e. The molecule has 0 bridgehead atoms. The standard InChI is InChI=1S/C23H20F3N3O4/c24-23(25,26)16-9-7-14(8-10-16)20-27-28-21(33-20)15-4-3-11-29(12-15)22(30)19-13-31-17-5-1-2-6-18(17)32-19/h1-2,5-10,15,19H,3-4,11-13H2. The summed E-state index contributed by atoms with van der Waals surface area (Å²) in [6.45, 7) is 1.10. The molecule has 10 heteroatoms. The molecule has 172 valence electrons. The number of rotatable bonds is 3. The molecule has 3 aromatic rings. The highest BCUT2D eigenvalue weighted by Gasteiger charge is 2.35. The number of hydrogen-bond acceptors (Lipinski definition) is 6. The molecular weight excluding hydrogens is 439 g/mol. The average Bonchev–Trinajstić information content (AvgIpc) is 3.33. The topological polar surface area (TPSA) is 77.7 Å². The van der Waals surface area contributed by atoms with Crippen LogP contribution in [0.1, 0.15) is 30.2 Å². The number of amides is 1. The Hall–Kier alpha value is -3.56. The van der Waals surface area contributed by atoms with Crippen molar-refractivity contribution in [2.24, 2.45) is 0 Å². The molecule has 1 aromatic heterocycles. The second-order valence-corrected chi connectivity index (χ2v) is 8.01. The van der Waals surface area contributed by atoms with Crippen molar-refractivity contribution < 1.29 is 31.9 Å². The first-order valence-electron chi connectivity index (χ1n) is 10.6. The third-order valence-electron chi connectivity index (χ3n) is 5.77. The summed E-state index contributed by atoms with van der Waals surface area (Å²) < 4.78 is 55.6. The van der Waals surface area contributed by atoms with Gasteiger partial charge in [0.25, 0.3) is 5.91 Å². The molecule has 0 aliphatic carbocycles. The number of para-hydroxylation sites is 2. The van der Waals surface area contributed by atoms with Gasteiger partial charge in [-0.15, -0.1) is 10.2 Å². The second-order valence-electron chi connectivity index (χ2n) is 8.01. The quantitative estimate of drug-likeness (QED) is 0.581. The van der Waals surface area contributed by atoms with Crippen LogP contribution in [0.15, 0.2) is 52.9 Å². The maximum atomic E-state index is 13.0. The second kappa shape index (κ2) is 8.42. The number of carbonyl (C=O) groups is 1. The zero-order valence-electron chi connectivity index (χ0n) is 17.4. The Kier molecular flexibility index (Phi) is 5.43. The van der Waals surface area contributed by atoms with Crippen LogP contribution in [0.3, 0.4) is 0 Å². The summed E-state index contributed by atoms with van der Waals surface area (Å²) in [4.78, 5) is 14.7. The Bertz CT molecular complexity index is 1150. The van der Waals surface area contributed by atoms with Crippen molar-refractivity contribution in [1.29, 1.82) is 0 Å². The molecule has 2 aromatic carbocycles. The minimum Gasteiger partial charge on any atom is -0.485 e. The summed E-state index contributed by atoms with van der Waals surface area (Å²) in [5.41, 5.74) is -0.346. The number of aromatic nitrogens is 2. The smallest absolute Gasteiger partial charge is 0.416 e. The van der Waals surface area contributed by atoms with Crippen LogP contribution in [0.4, 0.5) is 13.2 Å². The van der Waals surface area contributed by atoms with Gasteiger partial charge < -0.3 is 18.8 Å². The summed E-state index contributed by atoms with van der Waals surface area (Å²) in [5, 5.41) is 8.08. The number of halogens is 3. The molecule has 1 fully saturated rings. The average molecular weight is 459 g/mol. The van der Waals surface area contributed by atoms with Gasteiger partial charge in [-0.05, 0) is 49.2 Å². The monoisotopic (exact) mass is 459 g/mol. The highest BCUT2D eigenvalue weighted by Crippen LogP contribution is 2.34. The molecule has 2 aliphatic rings. The van der Waals surface area contributed by atoms with Gasteiger partial charge >= 0.3 is 6.18 Å². The van der Waals surface area contributed by atoms with Gasteiger partial charge in [-0.25, -0.2) is 0 Å². The SMILES string of the molecule is O=C(C1COc2ccccc2O1)N1CCCC(c2nnc(-c3ccc(C(F)(F)F)cc3)o2)C1. The van der Waals surface area contributed by atoms with Crippen LogP contribution < -0.4 is 9.47 Å². The van der Waals surface area contributed by atoms with Crippen LogP contribution in [-0.4, -0.2) is 46.8 Å². The highest BCUT2D eigenvalue weighted by atomic mass is 19.4. The van der Waals surface area contributed by atoms with Crippen LogP contribution in [0.2, 0.25) is 0 Å². The predicted molar refractivity (Wildman–Crippen MR) is 110 cm³/mol. The summed E-state index contributed by atoms with van der Waals surface area (Å²) in [5.74, 6) is 1.30. The lowest BCUT2D eigenvalue weighted by atomic mass is 9.97. The normalized spacial score (nSPS) is 20.5. The number of hydrogen-bond donors (Lipinski definition) is 0. The summed E-state index contributed by atoms with van der Waals surface area (Å²) in [7, 11) is 0. The van der Waals surface area contributed by atoms with E-state index in [2.05, 4.69) is 10.2 Å². The van der Waals surface area contributed by atoms with Gasteiger partial charge in [0, 0.05) is 18.7 Å². The van der Waals surface area contributed by atoms with Crippen LogP contribution in [-0.2, 0) is 11.0 Å². The summed E-state index contributed by atoms with van der Waals surface area (Å²) >= 11 is 0. The molecule has 33 heavy (non-hydrogen) atoms. The van der Waals surface area contributed by atoms with E-state index in [1.54, 1.807) is 17.0 Å². The molecule has 3 heterocycles. The third kappa shape index (κ3) is 4.37. The van der Waals surface area contributed by atoms with Gasteiger partial charge in [-0.1, -0.05) is 12.1 Å². The number of benzene rings is 2. The van der Waals surface area contributed by atoms with Crippen molar-refractivity contribution in [1.82, 2.24) is 15.1 Å². The molecule has 7 nitrogen and oxygen atoms in total. The number of fused-ring (bicyclic) bond motifs is 1. The van der Waals surface area contributed by atoms with Gasteiger partial charge in [-0.2, -0.15) is 13.2 Å². The Balaban J connectivity index is 1.26. The van der Waals surface area contributed by atoms with Crippen molar-refractivity contribution in [3.63, 3.8) is 0 Å². The Morgan fingerprint density at radius 2 is 1.79 bits per heavy atom. The molecule has 0 N–H and O–H groups in total. The van der Waals surface area contributed by atoms with Crippen LogP contribution >= 0.6 is 0 Å². The van der Waals surface area contributed by atoms with Crippen molar-refractivity contribution in [3.8, 4) is 23.0 Å². The first-order valence-corrected chi connectivity index (χ1v) is 10.6. The zero-order valence-corrected chi connectivity index (χ0v) is 17.4. The van der Waals surface area contributed by atoms with Crippen LogP contribution in [0.25, 0.3) is 11.5 Å². The number of alkyl halides is 3. The molecule has 2 atom stereocenters. The lowest BCUT2D eigenvalue weighted by Crippen LogP contribution is -2.49. The first-order chi connectivity index (χ1) is 15.9. The van der Waals surface area contributed by atoms with E-state index in [-0.39, 0.29) is 24.3 Å². The lowest BCUT2D eigenvalue weighted by Gasteiger charge is -2.35. The van der Waals surface area contributed by atoms with Gasteiger partial charge in [0.15, 0.2) is 11.5 Å². The van der Waals surface area contributed by atoms with Gasteiger partial charge in [0.2, 0.25) is 17.9 Å². The Morgan fingerprint density at radius 1 is 1.03 bits per heavy atom. The molecule has 0 saturated carbocycles. The van der Waals surface area contributed by atoms with E-state index in [4.69, 9.17) is 13.9 Å². The summed E-state index contributed by atoms with van der Waals surface area (Å²) in [6.07, 6.45) is -3.64. The van der Waals surface area contributed by atoms with Gasteiger partial charge in [-0.3, -0.25) is 4.79 Å². The van der Waals surface area contributed by atoms with E-state index in [0.717, 1.165) is 25.0 Å². The fraction of sp³-hybridized carbons (Fsp3) is 0.348. The van der Waals surface area contributed by atoms with E-state index >= 15 is 0 Å². The van der Waals surface area contributed by atoms with Crippen LogP contribution in [0, 0.1) is 0 Å². The van der Waals surface area contributed by atoms with Crippen LogP contribution in [0.5, 0.6) is 11.5 Å². The van der Waals surface area contributed by atoms with E-state index < -0.39 is 17.8 Å². The maximum absolute atomic E-state index is 13.0. The Labute approximate surface area is 187 Å². The van der Waals surface area contributed by atoms with E-state index in [1.165, 1.54) is 12.1 Å². The van der Waals surface area contributed by atoms with E-state index in [9.17, 15) is 18.0 Å². The summed E-state index contributed by atoms with van der Waals surface area (Å²) in [6, 6.07) is 11.8. The molecule has 5 rings (SSSR count). The number of likely N-dealkylation sites (tertiary alicyclic amines) is 1. The van der Waals surface area contributed by atoms with Gasteiger partial charge in [0.1, 0.15) is 6.61 Å². The number of piperidine rings is 1. The largest absolute Gasteiger partial charge is 0.485 e. The molecule has 2 unspecified atom stereocenters. The van der Waals surface area contributed by atoms with Crippen molar-refractivity contribution >= 4 is 5.91 Å². The number of ether oxygens (including phenoxy) is 2. The lowest BCUT2D eigenvalue weighted by molar-refractivity contribution is -0.142. The fourth-order valence-corrected chi connectivity index (χ4v) is 4.04. The molecule has 0 spiro atoms. The molecule has 2 aliphatic heterocycles. The van der Waals surface area contributed by atoms with Crippen molar-refractivity contribution in [2.75, 3.05) is 19.7 Å². The van der Waals surface area contributed by atoms with Crippen molar-refractivity contribution in [2.45, 2.75) is 31.0 Å². The molecule has 1 amide bonds. The first kappa shape index (κ1) is 21.3. The predicted octanol–water partition coefficient (Wildman–Crippen LogP) is 4.30. The number of nitrogens with zero attached hydrogens (tertiary/aromatic N) is 3. The van der Waals surface area contributed by atoms with Crippen molar-refractivity contribution in [3.05, 3.63) is 60.0 Å². The minimum atomic E-state index is -4.41.